The smallest absolute Gasteiger partial charge is 0.285 e. The van der Waals surface area contributed by atoms with E-state index < -0.39 is 5.56 Å². The molecule has 7 nitrogen and oxygen atoms in total. The summed E-state index contributed by atoms with van der Waals surface area (Å²) in [4.78, 5) is 22.1. The molecule has 1 amide bonds. The molecule has 2 rings (SSSR count). The van der Waals surface area contributed by atoms with Gasteiger partial charge in [-0.25, -0.2) is 5.10 Å². The van der Waals surface area contributed by atoms with Crippen molar-refractivity contribution in [2.45, 2.75) is 6.92 Å². The summed E-state index contributed by atoms with van der Waals surface area (Å²) in [6.07, 6.45) is 2.91. The molecular weight excluding hydrogens is 294 g/mol. The molecule has 0 unspecified atom stereocenters. The van der Waals surface area contributed by atoms with E-state index in [-0.39, 0.29) is 10.9 Å². The molecule has 0 bridgehead atoms. The number of aromatic amines is 1. The molecule has 8 heteroatoms. The van der Waals surface area contributed by atoms with Crippen LogP contribution in [0.15, 0.2) is 40.4 Å². The van der Waals surface area contributed by atoms with Crippen LogP contribution in [-0.4, -0.2) is 22.3 Å². The Morgan fingerprint density at radius 3 is 2.76 bits per heavy atom. The molecule has 0 atom stereocenters. The highest BCUT2D eigenvalue weighted by Crippen LogP contribution is 2.14. The number of rotatable bonds is 4. The van der Waals surface area contributed by atoms with E-state index in [1.54, 1.807) is 30.5 Å². The van der Waals surface area contributed by atoms with E-state index in [0.29, 0.717) is 11.4 Å². The number of nitrogens with one attached hydrogen (secondary N) is 3. The van der Waals surface area contributed by atoms with Crippen molar-refractivity contribution in [3.05, 3.63) is 51.4 Å². The Balaban J connectivity index is 2.03. The maximum Gasteiger partial charge on any atom is 0.285 e. The summed E-state index contributed by atoms with van der Waals surface area (Å²) in [5.74, 6) is -0.130. The van der Waals surface area contributed by atoms with Gasteiger partial charge in [0, 0.05) is 12.6 Å². The second-order valence-electron chi connectivity index (χ2n) is 4.10. The summed E-state index contributed by atoms with van der Waals surface area (Å²) in [6, 6.07) is 7.08. The zero-order valence-corrected chi connectivity index (χ0v) is 11.8. The first-order valence-corrected chi connectivity index (χ1v) is 6.34. The largest absolute Gasteiger partial charge is 0.326 e. The summed E-state index contributed by atoms with van der Waals surface area (Å²) in [5, 5.41) is 12.4. The zero-order chi connectivity index (χ0) is 15.2. The van der Waals surface area contributed by atoms with Crippen LogP contribution < -0.4 is 16.3 Å². The molecule has 108 valence electrons. The molecule has 1 aromatic heterocycles. The molecule has 0 fully saturated rings. The number of hydrogen-bond acceptors (Lipinski definition) is 5. The number of aromatic nitrogens is 2. The van der Waals surface area contributed by atoms with Crippen molar-refractivity contribution in [3.63, 3.8) is 0 Å². The van der Waals surface area contributed by atoms with E-state index in [4.69, 9.17) is 11.6 Å². The van der Waals surface area contributed by atoms with Gasteiger partial charge in [-0.1, -0.05) is 23.7 Å². The fraction of sp³-hybridized carbons (Fsp3) is 0.0769. The standard InChI is InChI=1S/C13H12ClN5O2/c1-8(20)17-10-4-2-9(3-5-10)6-15-18-11-7-16-19-13(21)12(11)14/h2-7H,1H3,(H,17,20)(H2,18,19,21)/b15-6-. The number of carbonyl (C=O) groups is 1. The Bertz CT molecular complexity index is 724. The predicted octanol–water partition coefficient (Wildman–Crippen LogP) is 1.83. The Hall–Kier alpha value is -2.67. The van der Waals surface area contributed by atoms with Crippen molar-refractivity contribution < 1.29 is 4.79 Å². The average molecular weight is 306 g/mol. The van der Waals surface area contributed by atoms with E-state index in [1.807, 2.05) is 0 Å². The van der Waals surface area contributed by atoms with E-state index >= 15 is 0 Å². The van der Waals surface area contributed by atoms with Crippen LogP contribution >= 0.6 is 11.6 Å². The number of carbonyl (C=O) groups excluding carboxylic acids is 1. The van der Waals surface area contributed by atoms with Gasteiger partial charge in [0.2, 0.25) is 5.91 Å². The number of H-pyrrole nitrogens is 1. The number of amides is 1. The minimum absolute atomic E-state index is 0.0110. The van der Waals surface area contributed by atoms with Crippen molar-refractivity contribution in [2.75, 3.05) is 10.7 Å². The maximum absolute atomic E-state index is 11.2. The van der Waals surface area contributed by atoms with Gasteiger partial charge in [0.1, 0.15) is 10.7 Å². The van der Waals surface area contributed by atoms with Gasteiger partial charge < -0.3 is 5.32 Å². The van der Waals surface area contributed by atoms with E-state index in [1.165, 1.54) is 13.1 Å². The van der Waals surface area contributed by atoms with Crippen LogP contribution in [0.4, 0.5) is 11.4 Å². The van der Waals surface area contributed by atoms with Crippen molar-refractivity contribution >= 4 is 35.1 Å². The molecule has 0 aliphatic rings. The fourth-order valence-electron chi connectivity index (χ4n) is 1.49. The van der Waals surface area contributed by atoms with Crippen LogP contribution in [0.2, 0.25) is 5.02 Å². The lowest BCUT2D eigenvalue weighted by Gasteiger charge is -2.02. The highest BCUT2D eigenvalue weighted by Gasteiger charge is 2.02. The number of anilines is 2. The first-order chi connectivity index (χ1) is 10.1. The first-order valence-electron chi connectivity index (χ1n) is 5.96. The van der Waals surface area contributed by atoms with E-state index in [2.05, 4.69) is 26.0 Å². The molecule has 3 N–H and O–H groups in total. The Morgan fingerprint density at radius 1 is 1.38 bits per heavy atom. The van der Waals surface area contributed by atoms with Gasteiger partial charge in [-0.05, 0) is 17.7 Å². The lowest BCUT2D eigenvalue weighted by molar-refractivity contribution is -0.114. The third kappa shape index (κ3) is 4.15. The Morgan fingerprint density at radius 2 is 2.10 bits per heavy atom. The van der Waals surface area contributed by atoms with Crippen molar-refractivity contribution in [2.24, 2.45) is 5.10 Å². The Labute approximate surface area is 125 Å². The van der Waals surface area contributed by atoms with Gasteiger partial charge in [-0.2, -0.15) is 10.2 Å². The summed E-state index contributed by atoms with van der Waals surface area (Å²) < 4.78 is 0. The monoisotopic (exact) mass is 305 g/mol. The second-order valence-corrected chi connectivity index (χ2v) is 4.48. The minimum Gasteiger partial charge on any atom is -0.326 e. The molecule has 0 aliphatic heterocycles. The van der Waals surface area contributed by atoms with Gasteiger partial charge in [-0.3, -0.25) is 15.0 Å². The first kappa shape index (κ1) is 14.7. The van der Waals surface area contributed by atoms with Crippen molar-refractivity contribution in [1.82, 2.24) is 10.2 Å². The van der Waals surface area contributed by atoms with Crippen molar-refractivity contribution in [1.29, 1.82) is 0 Å². The molecule has 0 aliphatic carbocycles. The van der Waals surface area contributed by atoms with Crippen LogP contribution in [0.25, 0.3) is 0 Å². The molecule has 0 saturated heterocycles. The molecule has 1 aromatic carbocycles. The summed E-state index contributed by atoms with van der Waals surface area (Å²) in [7, 11) is 0. The highest BCUT2D eigenvalue weighted by molar-refractivity contribution is 6.32. The van der Waals surface area contributed by atoms with Crippen LogP contribution in [-0.2, 0) is 4.79 Å². The van der Waals surface area contributed by atoms with Crippen LogP contribution in [0.1, 0.15) is 12.5 Å². The quantitative estimate of drug-likeness (QED) is 0.592. The summed E-state index contributed by atoms with van der Waals surface area (Å²) >= 11 is 5.78. The van der Waals surface area contributed by atoms with Gasteiger partial charge >= 0.3 is 0 Å². The number of hydrogen-bond donors (Lipinski definition) is 3. The average Bonchev–Trinajstić information content (AvgIpc) is 2.45. The topological polar surface area (TPSA) is 99.2 Å². The van der Waals surface area contributed by atoms with Crippen LogP contribution in [0.5, 0.6) is 0 Å². The molecule has 2 aromatic rings. The van der Waals surface area contributed by atoms with Gasteiger partial charge in [0.25, 0.3) is 5.56 Å². The number of halogens is 1. The van der Waals surface area contributed by atoms with Gasteiger partial charge in [0.05, 0.1) is 12.4 Å². The third-order valence-electron chi connectivity index (χ3n) is 2.43. The van der Waals surface area contributed by atoms with Crippen LogP contribution in [0, 0.1) is 0 Å². The molecule has 1 heterocycles. The predicted molar refractivity (Wildman–Crippen MR) is 81.8 cm³/mol. The third-order valence-corrected chi connectivity index (χ3v) is 2.80. The van der Waals surface area contributed by atoms with E-state index in [0.717, 1.165) is 5.56 Å². The maximum atomic E-state index is 11.2. The number of benzene rings is 1. The van der Waals surface area contributed by atoms with Crippen molar-refractivity contribution in [3.8, 4) is 0 Å². The second kappa shape index (κ2) is 6.67. The Kier molecular flexibility index (Phi) is 4.68. The van der Waals surface area contributed by atoms with Gasteiger partial charge in [-0.15, -0.1) is 0 Å². The lowest BCUT2D eigenvalue weighted by Crippen LogP contribution is -2.10. The molecule has 21 heavy (non-hydrogen) atoms. The molecule has 0 saturated carbocycles. The van der Waals surface area contributed by atoms with Gasteiger partial charge in [0.15, 0.2) is 0 Å². The lowest BCUT2D eigenvalue weighted by atomic mass is 10.2. The minimum atomic E-state index is -0.489. The zero-order valence-electron chi connectivity index (χ0n) is 11.1. The summed E-state index contributed by atoms with van der Waals surface area (Å²) in [6.45, 7) is 1.44. The van der Waals surface area contributed by atoms with Crippen LogP contribution in [0.3, 0.4) is 0 Å². The molecule has 0 radical (unpaired) electrons. The highest BCUT2D eigenvalue weighted by atomic mass is 35.5. The molecular formula is C13H12ClN5O2. The SMILES string of the molecule is CC(=O)Nc1ccc(/C=N\Nc2cn[nH]c(=O)c2Cl)cc1. The number of hydrazone groups is 1. The normalized spacial score (nSPS) is 10.6. The number of nitrogens with zero attached hydrogens (tertiary/aromatic N) is 2. The molecule has 0 spiro atoms. The van der Waals surface area contributed by atoms with E-state index in [9.17, 15) is 9.59 Å². The fourth-order valence-corrected chi connectivity index (χ4v) is 1.63. The summed E-state index contributed by atoms with van der Waals surface area (Å²) in [5.41, 5.74) is 3.97.